The zero-order valence-corrected chi connectivity index (χ0v) is 12.2. The molecule has 0 unspecified atom stereocenters. The van der Waals surface area contributed by atoms with Crippen molar-refractivity contribution in [2.75, 3.05) is 6.61 Å². The molecule has 8 nitrogen and oxygen atoms in total. The van der Waals surface area contributed by atoms with Gasteiger partial charge in [-0.25, -0.2) is 9.48 Å². The highest BCUT2D eigenvalue weighted by atomic mass is 35.5. The van der Waals surface area contributed by atoms with Crippen LogP contribution in [0.5, 0.6) is 0 Å². The fraction of sp³-hybridized carbons (Fsp3) is 0.583. The lowest BCUT2D eigenvalue weighted by Crippen LogP contribution is -2.11. The average molecular weight is 312 g/mol. The lowest BCUT2D eigenvalue weighted by molar-refractivity contribution is 0.0518. The number of carbonyl (C=O) groups excluding carboxylic acids is 1. The molecule has 0 amide bonds. The number of hydrogen-bond acceptors (Lipinski definition) is 7. The van der Waals surface area contributed by atoms with Crippen molar-refractivity contribution >= 4 is 17.6 Å². The lowest BCUT2D eigenvalue weighted by atomic mass is 10.3. The molecular formula is C12H14ClN5O3. The van der Waals surface area contributed by atoms with Crippen molar-refractivity contribution in [2.24, 2.45) is 0 Å². The first kappa shape index (κ1) is 14.0. The minimum atomic E-state index is -0.536. The maximum atomic E-state index is 11.7. The van der Waals surface area contributed by atoms with Crippen LogP contribution in [0.15, 0.2) is 4.52 Å². The van der Waals surface area contributed by atoms with Crippen LogP contribution in [-0.2, 0) is 17.2 Å². The van der Waals surface area contributed by atoms with Crippen LogP contribution in [0.3, 0.4) is 0 Å². The summed E-state index contributed by atoms with van der Waals surface area (Å²) in [6.45, 7) is 2.25. The number of carbonyl (C=O) groups is 1. The van der Waals surface area contributed by atoms with Crippen LogP contribution in [0, 0.1) is 0 Å². The fourth-order valence-electron chi connectivity index (χ4n) is 1.91. The predicted octanol–water partition coefficient (Wildman–Crippen LogP) is 1.50. The number of hydrogen-bond donors (Lipinski definition) is 0. The smallest absolute Gasteiger partial charge is 0.360 e. The van der Waals surface area contributed by atoms with Gasteiger partial charge in [-0.3, -0.25) is 0 Å². The molecule has 1 aliphatic rings. The van der Waals surface area contributed by atoms with Crippen LogP contribution in [0.1, 0.15) is 53.6 Å². The molecule has 3 rings (SSSR count). The Morgan fingerprint density at radius 1 is 1.52 bits per heavy atom. The van der Waals surface area contributed by atoms with Gasteiger partial charge in [0.1, 0.15) is 6.54 Å². The van der Waals surface area contributed by atoms with Gasteiger partial charge in [0.2, 0.25) is 5.89 Å². The fourth-order valence-corrected chi connectivity index (χ4v) is 2.18. The van der Waals surface area contributed by atoms with Crippen LogP contribution >= 0.6 is 11.6 Å². The maximum absolute atomic E-state index is 11.7. The van der Waals surface area contributed by atoms with Crippen LogP contribution < -0.4 is 0 Å². The van der Waals surface area contributed by atoms with Gasteiger partial charge >= 0.3 is 5.97 Å². The van der Waals surface area contributed by atoms with Crippen LogP contribution in [0.25, 0.3) is 0 Å². The van der Waals surface area contributed by atoms with Crippen molar-refractivity contribution in [3.63, 3.8) is 0 Å². The van der Waals surface area contributed by atoms with Gasteiger partial charge in [-0.05, 0) is 19.8 Å². The van der Waals surface area contributed by atoms with Gasteiger partial charge in [0.05, 0.1) is 18.2 Å². The number of ether oxygens (including phenoxy) is 1. The van der Waals surface area contributed by atoms with Gasteiger partial charge in [0.25, 0.3) is 0 Å². The molecule has 0 aliphatic heterocycles. The molecule has 0 aromatic carbocycles. The SMILES string of the molecule is CCOC(=O)c1nnn(Cc2noc(C3CC3)n2)c1CCl. The van der Waals surface area contributed by atoms with Gasteiger partial charge in [-0.1, -0.05) is 10.4 Å². The monoisotopic (exact) mass is 311 g/mol. The summed E-state index contributed by atoms with van der Waals surface area (Å²) in [7, 11) is 0. The lowest BCUT2D eigenvalue weighted by Gasteiger charge is -2.02. The second kappa shape index (κ2) is 5.80. The summed E-state index contributed by atoms with van der Waals surface area (Å²) < 4.78 is 11.6. The molecule has 0 radical (unpaired) electrons. The van der Waals surface area contributed by atoms with Crippen molar-refractivity contribution in [2.45, 2.75) is 38.1 Å². The number of esters is 1. The molecule has 9 heteroatoms. The highest BCUT2D eigenvalue weighted by Gasteiger charge is 2.30. The first-order chi connectivity index (χ1) is 10.2. The van der Waals surface area contributed by atoms with E-state index < -0.39 is 5.97 Å². The first-order valence-electron chi connectivity index (χ1n) is 6.70. The number of aromatic nitrogens is 5. The molecular weight excluding hydrogens is 298 g/mol. The van der Waals surface area contributed by atoms with Gasteiger partial charge in [0, 0.05) is 5.92 Å². The Kier molecular flexibility index (Phi) is 3.87. The van der Waals surface area contributed by atoms with Crippen LogP contribution in [-0.4, -0.2) is 37.7 Å². The zero-order valence-electron chi connectivity index (χ0n) is 11.5. The quantitative estimate of drug-likeness (QED) is 0.589. The first-order valence-corrected chi connectivity index (χ1v) is 7.24. The van der Waals surface area contributed by atoms with E-state index in [0.29, 0.717) is 23.3 Å². The summed E-state index contributed by atoms with van der Waals surface area (Å²) in [6, 6.07) is 0. The molecule has 1 fully saturated rings. The van der Waals surface area contributed by atoms with Gasteiger partial charge in [-0.15, -0.1) is 16.7 Å². The number of halogens is 1. The molecule has 0 saturated heterocycles. The molecule has 0 bridgehead atoms. The highest BCUT2D eigenvalue weighted by molar-refractivity contribution is 6.17. The van der Waals surface area contributed by atoms with E-state index in [0.717, 1.165) is 12.8 Å². The number of nitrogens with zero attached hydrogens (tertiary/aromatic N) is 5. The maximum Gasteiger partial charge on any atom is 0.360 e. The van der Waals surface area contributed by atoms with Crippen molar-refractivity contribution in [3.8, 4) is 0 Å². The Hall–Kier alpha value is -1.96. The van der Waals surface area contributed by atoms with E-state index in [-0.39, 0.29) is 24.7 Å². The van der Waals surface area contributed by atoms with E-state index in [1.54, 1.807) is 6.92 Å². The molecule has 0 N–H and O–H groups in total. The van der Waals surface area contributed by atoms with E-state index in [9.17, 15) is 4.79 Å². The molecule has 2 aromatic rings. The third-order valence-corrected chi connectivity index (χ3v) is 3.39. The predicted molar refractivity (Wildman–Crippen MR) is 70.9 cm³/mol. The standard InChI is InChI=1S/C12H14ClN5O3/c1-2-20-12(19)10-8(5-13)18(17-15-10)6-9-14-11(21-16-9)7-3-4-7/h7H,2-6H2,1H3. The summed E-state index contributed by atoms with van der Waals surface area (Å²) in [5, 5.41) is 11.6. The van der Waals surface area contributed by atoms with E-state index in [1.807, 2.05) is 0 Å². The molecule has 21 heavy (non-hydrogen) atoms. The second-order valence-corrected chi connectivity index (χ2v) is 4.99. The third kappa shape index (κ3) is 2.90. The molecule has 1 saturated carbocycles. The average Bonchev–Trinajstić information content (AvgIpc) is 3.09. The van der Waals surface area contributed by atoms with Gasteiger partial charge in [0.15, 0.2) is 11.5 Å². The normalized spacial score (nSPS) is 14.4. The molecule has 1 aliphatic carbocycles. The zero-order chi connectivity index (χ0) is 14.8. The summed E-state index contributed by atoms with van der Waals surface area (Å²) in [6.07, 6.45) is 2.18. The van der Waals surface area contributed by atoms with Crippen molar-refractivity contribution in [1.82, 2.24) is 25.1 Å². The van der Waals surface area contributed by atoms with Gasteiger partial charge in [-0.2, -0.15) is 4.98 Å². The van der Waals surface area contributed by atoms with E-state index in [4.69, 9.17) is 20.9 Å². The summed E-state index contributed by atoms with van der Waals surface area (Å²) in [5.41, 5.74) is 0.602. The van der Waals surface area contributed by atoms with Crippen molar-refractivity contribution in [1.29, 1.82) is 0 Å². The van der Waals surface area contributed by atoms with Crippen LogP contribution in [0.2, 0.25) is 0 Å². The Morgan fingerprint density at radius 2 is 2.33 bits per heavy atom. The largest absolute Gasteiger partial charge is 0.461 e. The van der Waals surface area contributed by atoms with E-state index in [1.165, 1.54) is 4.68 Å². The minimum Gasteiger partial charge on any atom is -0.461 e. The Balaban J connectivity index is 1.79. The van der Waals surface area contributed by atoms with Crippen molar-refractivity contribution in [3.05, 3.63) is 23.1 Å². The van der Waals surface area contributed by atoms with E-state index in [2.05, 4.69) is 20.5 Å². The van der Waals surface area contributed by atoms with Crippen LogP contribution in [0.4, 0.5) is 0 Å². The Morgan fingerprint density at radius 3 is 3.00 bits per heavy atom. The van der Waals surface area contributed by atoms with Crippen molar-refractivity contribution < 1.29 is 14.1 Å². The highest BCUT2D eigenvalue weighted by Crippen LogP contribution is 2.38. The summed E-state index contributed by atoms with van der Waals surface area (Å²) >= 11 is 5.88. The Bertz CT molecular complexity index is 649. The summed E-state index contributed by atoms with van der Waals surface area (Å²) in [4.78, 5) is 16.1. The third-order valence-electron chi connectivity index (χ3n) is 3.13. The molecule has 2 heterocycles. The topological polar surface area (TPSA) is 95.9 Å². The van der Waals surface area contributed by atoms with Gasteiger partial charge < -0.3 is 9.26 Å². The second-order valence-electron chi connectivity index (χ2n) is 4.72. The van der Waals surface area contributed by atoms with E-state index >= 15 is 0 Å². The molecule has 0 atom stereocenters. The molecule has 2 aromatic heterocycles. The molecule has 112 valence electrons. The number of rotatable bonds is 6. The Labute approximate surface area is 125 Å². The minimum absolute atomic E-state index is 0.0917. The number of alkyl halides is 1. The molecule has 0 spiro atoms. The summed E-state index contributed by atoms with van der Waals surface area (Å²) in [5.74, 6) is 1.09.